The molecule has 0 saturated heterocycles. The van der Waals surface area contributed by atoms with Crippen molar-refractivity contribution in [2.45, 2.75) is 13.1 Å². The van der Waals surface area contributed by atoms with Gasteiger partial charge in [-0.25, -0.2) is 9.67 Å². The van der Waals surface area contributed by atoms with Crippen LogP contribution in [-0.4, -0.2) is 31.8 Å². The van der Waals surface area contributed by atoms with Gasteiger partial charge in [-0.1, -0.05) is 48.5 Å². The molecule has 0 spiro atoms. The molecule has 0 bridgehead atoms. The van der Waals surface area contributed by atoms with E-state index in [0.717, 1.165) is 16.8 Å². The van der Waals surface area contributed by atoms with Crippen LogP contribution in [0.25, 0.3) is 22.3 Å². The third-order valence-electron chi connectivity index (χ3n) is 5.33. The van der Waals surface area contributed by atoms with Crippen molar-refractivity contribution in [3.63, 3.8) is 0 Å². The molecule has 0 atom stereocenters. The fraction of sp³-hybridized carbons (Fsp3) is 0.120. The lowest BCUT2D eigenvalue weighted by Crippen LogP contribution is -2.06. The van der Waals surface area contributed by atoms with Crippen LogP contribution >= 0.6 is 0 Å². The van der Waals surface area contributed by atoms with Gasteiger partial charge in [-0.3, -0.25) is 4.98 Å². The molecule has 0 aliphatic heterocycles. The third kappa shape index (κ3) is 4.18. The fourth-order valence-electron chi connectivity index (χ4n) is 3.72. The number of fused-ring (bicyclic) bond motifs is 1. The maximum atomic E-state index is 6.58. The van der Waals surface area contributed by atoms with Crippen molar-refractivity contribution in [1.82, 2.24) is 24.7 Å². The average molecular weight is 438 g/mol. The molecule has 0 saturated carbocycles. The Labute approximate surface area is 191 Å². The number of nitrogens with one attached hydrogen (secondary N) is 1. The second-order valence-electron chi connectivity index (χ2n) is 7.50. The van der Waals surface area contributed by atoms with Crippen molar-refractivity contribution < 1.29 is 4.74 Å². The molecule has 3 heterocycles. The molecular formula is C25H23N7O. The molecular weight excluding hydrogens is 414 g/mol. The monoisotopic (exact) mass is 437 g/mol. The Morgan fingerprint density at radius 3 is 2.52 bits per heavy atom. The van der Waals surface area contributed by atoms with Crippen LogP contribution in [-0.2, 0) is 13.1 Å². The van der Waals surface area contributed by atoms with Crippen LogP contribution in [0.1, 0.15) is 11.3 Å². The predicted octanol–water partition coefficient (Wildman–Crippen LogP) is 4.14. The first-order chi connectivity index (χ1) is 16.2. The quantitative estimate of drug-likeness (QED) is 0.394. The molecule has 5 rings (SSSR count). The van der Waals surface area contributed by atoms with Crippen LogP contribution in [0.4, 0.5) is 11.8 Å². The van der Waals surface area contributed by atoms with Crippen LogP contribution in [0.5, 0.6) is 5.75 Å². The summed E-state index contributed by atoms with van der Waals surface area (Å²) in [5.74, 6) is 1.65. The van der Waals surface area contributed by atoms with Gasteiger partial charge in [-0.15, -0.1) is 5.10 Å². The van der Waals surface area contributed by atoms with E-state index >= 15 is 0 Å². The number of hydrogen-bond donors (Lipinski definition) is 2. The first kappa shape index (κ1) is 20.4. The molecule has 3 aromatic heterocycles. The largest absolute Gasteiger partial charge is 0.496 e. The summed E-state index contributed by atoms with van der Waals surface area (Å²) in [7, 11) is 1.64. The summed E-state index contributed by atoms with van der Waals surface area (Å²) in [5.41, 5.74) is 10.6. The van der Waals surface area contributed by atoms with Crippen molar-refractivity contribution in [2.75, 3.05) is 18.2 Å². The Balaban J connectivity index is 1.62. The molecule has 0 unspecified atom stereocenters. The fourth-order valence-corrected chi connectivity index (χ4v) is 3.72. The standard InChI is InChI=1S/C25H23N7O/c1-33-20-13-6-5-12-19(20)22-21-23(26)32(16-17-9-3-2-4-10-17)31-24(21)30-25(29-22)28-15-18-11-7-8-14-27-18/h2-14H,15-16,26H2,1H3,(H,28,30,31). The van der Waals surface area contributed by atoms with E-state index in [1.807, 2.05) is 72.8 Å². The number of anilines is 2. The molecule has 33 heavy (non-hydrogen) atoms. The number of para-hydroxylation sites is 1. The van der Waals surface area contributed by atoms with E-state index < -0.39 is 0 Å². The number of aromatic nitrogens is 5. The highest BCUT2D eigenvalue weighted by Crippen LogP contribution is 2.36. The van der Waals surface area contributed by atoms with Gasteiger partial charge < -0.3 is 15.8 Å². The van der Waals surface area contributed by atoms with E-state index in [4.69, 9.17) is 20.6 Å². The summed E-state index contributed by atoms with van der Waals surface area (Å²) < 4.78 is 7.36. The Morgan fingerprint density at radius 2 is 1.73 bits per heavy atom. The Bertz CT molecular complexity index is 1380. The minimum atomic E-state index is 0.443. The number of methoxy groups -OCH3 is 1. The van der Waals surface area contributed by atoms with Crippen LogP contribution in [0.3, 0.4) is 0 Å². The number of nitrogens with zero attached hydrogens (tertiary/aromatic N) is 5. The van der Waals surface area contributed by atoms with Gasteiger partial charge in [-0.05, 0) is 29.8 Å². The second-order valence-corrected chi connectivity index (χ2v) is 7.50. The number of pyridine rings is 1. The van der Waals surface area contributed by atoms with Gasteiger partial charge in [0.2, 0.25) is 5.95 Å². The summed E-state index contributed by atoms with van der Waals surface area (Å²) in [4.78, 5) is 13.8. The number of benzene rings is 2. The number of ether oxygens (including phenoxy) is 1. The molecule has 0 amide bonds. The van der Waals surface area contributed by atoms with Gasteiger partial charge in [0.1, 0.15) is 11.6 Å². The highest BCUT2D eigenvalue weighted by atomic mass is 16.5. The van der Waals surface area contributed by atoms with E-state index in [9.17, 15) is 0 Å². The molecule has 164 valence electrons. The van der Waals surface area contributed by atoms with Crippen LogP contribution in [0.2, 0.25) is 0 Å². The lowest BCUT2D eigenvalue weighted by molar-refractivity contribution is 0.416. The summed E-state index contributed by atoms with van der Waals surface area (Å²) in [6, 6.07) is 23.5. The summed E-state index contributed by atoms with van der Waals surface area (Å²) in [5, 5.41) is 8.67. The van der Waals surface area contributed by atoms with Crippen LogP contribution < -0.4 is 15.8 Å². The van der Waals surface area contributed by atoms with Gasteiger partial charge >= 0.3 is 0 Å². The van der Waals surface area contributed by atoms with Gasteiger partial charge in [-0.2, -0.15) is 4.98 Å². The molecule has 0 aliphatic rings. The topological polar surface area (TPSA) is 104 Å². The molecule has 0 fully saturated rings. The molecule has 3 N–H and O–H groups in total. The highest BCUT2D eigenvalue weighted by Gasteiger charge is 2.20. The van der Waals surface area contributed by atoms with E-state index in [-0.39, 0.29) is 0 Å². The van der Waals surface area contributed by atoms with Crippen molar-refractivity contribution in [2.24, 2.45) is 0 Å². The van der Waals surface area contributed by atoms with E-state index in [2.05, 4.69) is 15.3 Å². The van der Waals surface area contributed by atoms with Crippen molar-refractivity contribution in [3.05, 3.63) is 90.3 Å². The number of rotatable bonds is 7. The highest BCUT2D eigenvalue weighted by molar-refractivity contribution is 6.00. The average Bonchev–Trinajstić information content (AvgIpc) is 3.18. The van der Waals surface area contributed by atoms with E-state index in [1.165, 1.54) is 0 Å². The zero-order chi connectivity index (χ0) is 22.6. The van der Waals surface area contributed by atoms with E-state index in [0.29, 0.717) is 47.3 Å². The normalized spacial score (nSPS) is 10.9. The Morgan fingerprint density at radius 1 is 0.939 bits per heavy atom. The van der Waals surface area contributed by atoms with Crippen LogP contribution in [0.15, 0.2) is 79.0 Å². The minimum absolute atomic E-state index is 0.443. The molecule has 0 aliphatic carbocycles. The van der Waals surface area contributed by atoms with Gasteiger partial charge in [0.05, 0.1) is 37.0 Å². The Kier molecular flexibility index (Phi) is 5.55. The first-order valence-corrected chi connectivity index (χ1v) is 10.6. The summed E-state index contributed by atoms with van der Waals surface area (Å²) >= 11 is 0. The predicted molar refractivity (Wildman–Crippen MR) is 129 cm³/mol. The number of nitrogen functional groups attached to an aromatic ring is 1. The number of hydrogen-bond acceptors (Lipinski definition) is 7. The molecule has 8 heteroatoms. The second kappa shape index (κ2) is 8.96. The van der Waals surface area contributed by atoms with Crippen molar-refractivity contribution in [3.8, 4) is 17.0 Å². The zero-order valence-electron chi connectivity index (χ0n) is 18.1. The lowest BCUT2D eigenvalue weighted by atomic mass is 10.1. The maximum absolute atomic E-state index is 6.58. The SMILES string of the molecule is COc1ccccc1-c1nc(NCc2ccccn2)nc2nn(Cc3ccccc3)c(N)c12. The third-order valence-corrected chi connectivity index (χ3v) is 5.33. The van der Waals surface area contributed by atoms with Gasteiger partial charge in [0, 0.05) is 11.8 Å². The minimum Gasteiger partial charge on any atom is -0.496 e. The molecule has 8 nitrogen and oxygen atoms in total. The van der Waals surface area contributed by atoms with Crippen LogP contribution in [0, 0.1) is 0 Å². The zero-order valence-corrected chi connectivity index (χ0v) is 18.1. The van der Waals surface area contributed by atoms with Gasteiger partial charge in [0.25, 0.3) is 0 Å². The smallest absolute Gasteiger partial charge is 0.225 e. The first-order valence-electron chi connectivity index (χ1n) is 10.6. The lowest BCUT2D eigenvalue weighted by Gasteiger charge is -2.11. The molecule has 0 radical (unpaired) electrons. The van der Waals surface area contributed by atoms with E-state index in [1.54, 1.807) is 18.0 Å². The summed E-state index contributed by atoms with van der Waals surface area (Å²) in [6.07, 6.45) is 1.76. The number of nitrogens with two attached hydrogens (primary N) is 1. The van der Waals surface area contributed by atoms with Gasteiger partial charge in [0.15, 0.2) is 5.65 Å². The maximum Gasteiger partial charge on any atom is 0.225 e. The van der Waals surface area contributed by atoms with Crippen molar-refractivity contribution >= 4 is 22.8 Å². The molecule has 5 aromatic rings. The van der Waals surface area contributed by atoms with Crippen molar-refractivity contribution in [1.29, 1.82) is 0 Å². The molecule has 2 aromatic carbocycles. The Hall–Kier alpha value is -4.46. The summed E-state index contributed by atoms with van der Waals surface area (Å²) in [6.45, 7) is 1.02.